The van der Waals surface area contributed by atoms with Crippen molar-refractivity contribution in [3.63, 3.8) is 0 Å². The van der Waals surface area contributed by atoms with Gasteiger partial charge >= 0.3 is 12.1 Å². The Kier molecular flexibility index (Phi) is 27.6. The minimum atomic E-state index is -1.03. The predicted molar refractivity (Wildman–Crippen MR) is 188 cm³/mol. The lowest BCUT2D eigenvalue weighted by Crippen LogP contribution is -2.36. The van der Waals surface area contributed by atoms with Crippen molar-refractivity contribution in [1.82, 2.24) is 0 Å². The van der Waals surface area contributed by atoms with E-state index in [0.29, 0.717) is 19.6 Å². The van der Waals surface area contributed by atoms with Gasteiger partial charge in [-0.05, 0) is 44.9 Å². The van der Waals surface area contributed by atoms with Gasteiger partial charge in [-0.1, -0.05) is 167 Å². The van der Waals surface area contributed by atoms with E-state index in [9.17, 15) is 9.90 Å². The molecule has 1 atom stereocenters. The van der Waals surface area contributed by atoms with Crippen LogP contribution >= 0.6 is 0 Å². The summed E-state index contributed by atoms with van der Waals surface area (Å²) in [5.41, 5.74) is -1.03. The molecule has 5 heteroatoms. The number of hydrogen-bond donors (Lipinski definition) is 1. The van der Waals surface area contributed by atoms with Crippen molar-refractivity contribution in [1.29, 1.82) is 0 Å². The van der Waals surface area contributed by atoms with Gasteiger partial charge in [-0.2, -0.15) is 0 Å². The van der Waals surface area contributed by atoms with Crippen molar-refractivity contribution in [2.75, 3.05) is 19.8 Å². The number of rotatable bonds is 31. The topological polar surface area (TPSA) is 68.1 Å². The van der Waals surface area contributed by atoms with E-state index in [1.165, 1.54) is 128 Å². The fourth-order valence-electron chi connectivity index (χ4n) is 5.93. The molecule has 1 aliphatic rings. The molecule has 256 valence electrons. The van der Waals surface area contributed by atoms with Crippen LogP contribution in [0.15, 0.2) is 29.3 Å². The van der Waals surface area contributed by atoms with Gasteiger partial charge < -0.3 is 14.6 Å². The van der Waals surface area contributed by atoms with Crippen LogP contribution in [-0.4, -0.2) is 36.9 Å². The molecular weight excluding hydrogens is 546 g/mol. The van der Waals surface area contributed by atoms with E-state index < -0.39 is 11.4 Å². The first-order chi connectivity index (χ1) is 21.7. The molecule has 1 aliphatic heterocycles. The van der Waals surface area contributed by atoms with Gasteiger partial charge in [-0.15, -0.1) is 0 Å². The zero-order valence-corrected chi connectivity index (χ0v) is 29.1. The van der Waals surface area contributed by atoms with Gasteiger partial charge in [0.05, 0.1) is 13.2 Å². The van der Waals surface area contributed by atoms with E-state index in [2.05, 4.69) is 37.1 Å². The van der Waals surface area contributed by atoms with Gasteiger partial charge in [-0.3, -0.25) is 4.79 Å². The molecule has 0 amide bonds. The van der Waals surface area contributed by atoms with Crippen LogP contribution < -0.4 is 0 Å². The van der Waals surface area contributed by atoms with Crippen LogP contribution in [0.3, 0.4) is 0 Å². The number of carbonyl (C=O) groups is 1. The number of esters is 1. The largest absolute Gasteiger partial charge is 0.448 e. The molecule has 0 bridgehead atoms. The number of nitrogens with zero attached hydrogens (tertiary/aromatic N) is 1. The van der Waals surface area contributed by atoms with Crippen molar-refractivity contribution in [3.05, 3.63) is 24.3 Å². The maximum absolute atomic E-state index is 13.2. The van der Waals surface area contributed by atoms with Crippen LogP contribution in [0.5, 0.6) is 0 Å². The summed E-state index contributed by atoms with van der Waals surface area (Å²) < 4.78 is 10.8. The van der Waals surface area contributed by atoms with Crippen molar-refractivity contribution < 1.29 is 19.4 Å². The molecule has 0 aromatic rings. The fraction of sp³-hybridized carbons (Fsp3) is 0.846. The van der Waals surface area contributed by atoms with E-state index in [-0.39, 0.29) is 12.7 Å². The van der Waals surface area contributed by atoms with Gasteiger partial charge in [0.15, 0.2) is 0 Å². The van der Waals surface area contributed by atoms with Gasteiger partial charge in [-0.25, -0.2) is 4.99 Å². The van der Waals surface area contributed by atoms with Gasteiger partial charge in [0.25, 0.3) is 0 Å². The molecule has 1 N–H and O–H groups in total. The number of aliphatic imine (C=N–C) groups is 1. The summed E-state index contributed by atoms with van der Waals surface area (Å²) >= 11 is 0. The summed E-state index contributed by atoms with van der Waals surface area (Å²) in [6.07, 6.45) is 42.3. The van der Waals surface area contributed by atoms with E-state index in [0.717, 1.165) is 38.5 Å². The van der Waals surface area contributed by atoms with Crippen LogP contribution in [0, 0.1) is 5.41 Å². The van der Waals surface area contributed by atoms with Crippen molar-refractivity contribution in [2.45, 2.75) is 187 Å². The summed E-state index contributed by atoms with van der Waals surface area (Å²) in [6, 6.07) is 0. The lowest BCUT2D eigenvalue weighted by molar-refractivity contribution is -0.148. The summed E-state index contributed by atoms with van der Waals surface area (Å²) in [6.45, 7) is 5.24. The molecule has 0 saturated carbocycles. The van der Waals surface area contributed by atoms with E-state index in [1.54, 1.807) is 0 Å². The Morgan fingerprint density at radius 2 is 1.11 bits per heavy atom. The molecule has 1 rings (SSSR count). The highest BCUT2D eigenvalue weighted by molar-refractivity contribution is 5.89. The average Bonchev–Trinajstić information content (AvgIpc) is 3.55. The Balaban J connectivity index is 2.29. The maximum atomic E-state index is 13.2. The number of unbranched alkanes of at least 4 members (excludes halogenated alkanes) is 23. The van der Waals surface area contributed by atoms with Gasteiger partial charge in [0, 0.05) is 0 Å². The molecule has 5 nitrogen and oxygen atoms in total. The monoisotopic (exact) mass is 618 g/mol. The lowest BCUT2D eigenvalue weighted by Gasteiger charge is -2.26. The molecule has 1 heterocycles. The first-order valence-corrected chi connectivity index (χ1v) is 19.0. The second kappa shape index (κ2) is 30.1. The zero-order valence-electron chi connectivity index (χ0n) is 29.1. The standard InChI is InChI=1S/C39H71NO4/c1-3-5-7-9-11-13-15-17-19-21-23-25-27-29-31-33-39(36-41,37(42)44-38-40-34-35-43-38)32-30-28-26-24-22-20-18-16-14-12-10-8-6-4-2/h18,20,31,33,41H,3-17,19,21-30,32,34-36H2,1-2H3/b20-18-,33-31+. The molecule has 0 aromatic heterocycles. The minimum Gasteiger partial charge on any atom is -0.448 e. The summed E-state index contributed by atoms with van der Waals surface area (Å²) in [5.74, 6) is -0.445. The highest BCUT2D eigenvalue weighted by Gasteiger charge is 2.38. The number of hydrogen-bond acceptors (Lipinski definition) is 5. The lowest BCUT2D eigenvalue weighted by atomic mass is 9.82. The minimum absolute atomic E-state index is 0.0467. The molecule has 44 heavy (non-hydrogen) atoms. The molecule has 1 unspecified atom stereocenters. The third-order valence-electron chi connectivity index (χ3n) is 8.97. The first kappa shape index (κ1) is 40.4. The predicted octanol–water partition coefficient (Wildman–Crippen LogP) is 11.6. The van der Waals surface area contributed by atoms with Gasteiger partial charge in [0.2, 0.25) is 0 Å². The Bertz CT molecular complexity index is 746. The normalized spacial score (nSPS) is 14.8. The van der Waals surface area contributed by atoms with E-state index in [4.69, 9.17) is 9.47 Å². The van der Waals surface area contributed by atoms with Crippen LogP contribution in [-0.2, 0) is 14.3 Å². The second-order valence-electron chi connectivity index (χ2n) is 13.1. The molecule has 0 radical (unpaired) electrons. The molecule has 0 aliphatic carbocycles. The number of carbonyl (C=O) groups excluding carboxylic acids is 1. The molecule has 0 spiro atoms. The highest BCUT2D eigenvalue weighted by Crippen LogP contribution is 2.30. The van der Waals surface area contributed by atoms with E-state index >= 15 is 0 Å². The Hall–Kier alpha value is -1.62. The Morgan fingerprint density at radius 3 is 1.55 bits per heavy atom. The Morgan fingerprint density at radius 1 is 0.682 bits per heavy atom. The van der Waals surface area contributed by atoms with Crippen molar-refractivity contribution >= 4 is 12.1 Å². The van der Waals surface area contributed by atoms with Crippen LogP contribution in [0.25, 0.3) is 0 Å². The number of allylic oxidation sites excluding steroid dienone is 3. The second-order valence-corrected chi connectivity index (χ2v) is 13.1. The van der Waals surface area contributed by atoms with E-state index in [1.807, 2.05) is 6.08 Å². The molecule has 0 aromatic carbocycles. The highest BCUT2D eigenvalue weighted by atomic mass is 16.7. The average molecular weight is 618 g/mol. The first-order valence-electron chi connectivity index (χ1n) is 19.0. The number of aliphatic hydroxyl groups is 1. The van der Waals surface area contributed by atoms with Gasteiger partial charge in [0.1, 0.15) is 12.0 Å². The quantitative estimate of drug-likeness (QED) is 0.0477. The summed E-state index contributed by atoms with van der Waals surface area (Å²) in [7, 11) is 0. The molecule has 0 fully saturated rings. The SMILES string of the molecule is CCCCCCCC/C=C\CCCCCCC(/C=C/CCCCCCCCCCCCCCC)(CO)C(=O)OC1=NCCO1. The third kappa shape index (κ3) is 22.0. The van der Waals surface area contributed by atoms with Crippen molar-refractivity contribution in [3.8, 4) is 0 Å². The summed E-state index contributed by atoms with van der Waals surface area (Å²) in [5, 5.41) is 10.4. The van der Waals surface area contributed by atoms with Crippen LogP contribution in [0.1, 0.15) is 187 Å². The summed E-state index contributed by atoms with van der Waals surface area (Å²) in [4.78, 5) is 17.3. The van der Waals surface area contributed by atoms with Crippen LogP contribution in [0.4, 0.5) is 0 Å². The smallest absolute Gasteiger partial charge is 0.391 e. The molecular formula is C39H71NO4. The zero-order chi connectivity index (χ0) is 31.8. The number of aliphatic hydroxyl groups excluding tert-OH is 1. The maximum Gasteiger partial charge on any atom is 0.391 e. The van der Waals surface area contributed by atoms with Crippen LogP contribution in [0.2, 0.25) is 0 Å². The molecule has 0 saturated heterocycles. The fourth-order valence-corrected chi connectivity index (χ4v) is 5.93. The Labute approximate surface area is 272 Å². The number of ether oxygens (including phenoxy) is 2. The third-order valence-corrected chi connectivity index (χ3v) is 8.97. The van der Waals surface area contributed by atoms with Crippen molar-refractivity contribution in [2.24, 2.45) is 10.4 Å².